The van der Waals surface area contributed by atoms with Crippen LogP contribution in [0.25, 0.3) is 0 Å². The molecule has 0 radical (unpaired) electrons. The molecule has 7 nitrogen and oxygen atoms in total. The van der Waals surface area contributed by atoms with Gasteiger partial charge in [0, 0.05) is 4.88 Å². The summed E-state index contributed by atoms with van der Waals surface area (Å²) in [5.74, 6) is -1.12. The Kier molecular flexibility index (Phi) is 6.77. The maximum absolute atomic E-state index is 12.7. The number of carbonyl (C=O) groups is 3. The van der Waals surface area contributed by atoms with Crippen molar-refractivity contribution in [2.75, 3.05) is 11.9 Å². The molecule has 30 heavy (non-hydrogen) atoms. The smallest absolute Gasteiger partial charge is 0.341 e. The highest BCUT2D eigenvalue weighted by Crippen LogP contribution is 2.40. The summed E-state index contributed by atoms with van der Waals surface area (Å²) in [5, 5.41) is 12.5. The number of amides is 1. The molecule has 0 saturated carbocycles. The van der Waals surface area contributed by atoms with Gasteiger partial charge >= 0.3 is 11.9 Å². The zero-order chi connectivity index (χ0) is 21.8. The number of benzene rings is 1. The summed E-state index contributed by atoms with van der Waals surface area (Å²) in [6, 6.07) is 5.56. The number of carbonyl (C=O) groups excluding carboxylic acids is 3. The summed E-state index contributed by atoms with van der Waals surface area (Å²) < 4.78 is 10.4. The van der Waals surface area contributed by atoms with Gasteiger partial charge < -0.3 is 19.9 Å². The third-order valence-corrected chi connectivity index (χ3v) is 6.15. The molecule has 1 heterocycles. The van der Waals surface area contributed by atoms with E-state index in [1.54, 1.807) is 6.92 Å². The number of hydrogen-bond donors (Lipinski definition) is 2. The number of ether oxygens (including phenoxy) is 2. The van der Waals surface area contributed by atoms with E-state index >= 15 is 0 Å². The highest BCUT2D eigenvalue weighted by Gasteiger charge is 2.30. The first-order valence-corrected chi connectivity index (χ1v) is 10.7. The van der Waals surface area contributed by atoms with Gasteiger partial charge in [-0.05, 0) is 68.9 Å². The average molecular weight is 432 g/mol. The van der Waals surface area contributed by atoms with Crippen molar-refractivity contribution in [3.8, 4) is 5.75 Å². The number of esters is 2. The largest absolute Gasteiger partial charge is 0.508 e. The lowest BCUT2D eigenvalue weighted by Crippen LogP contribution is -2.30. The molecule has 0 spiro atoms. The number of nitrogens with one attached hydrogen (secondary N) is 1. The van der Waals surface area contributed by atoms with E-state index in [0.29, 0.717) is 16.5 Å². The predicted octanol–water partition coefficient (Wildman–Crippen LogP) is 3.94. The Morgan fingerprint density at radius 2 is 1.93 bits per heavy atom. The number of fused-ring (bicyclic) bond motifs is 1. The SMILES string of the molecule is CCOC(=O)c1c(NC(=O)C(C)OC(=O)c2ccc(O)cc2)sc2c1CCC(C)C2. The number of thiophene rings is 1. The minimum absolute atomic E-state index is 0.0276. The molecule has 2 N–H and O–H groups in total. The fourth-order valence-corrected chi connectivity index (χ4v) is 4.75. The van der Waals surface area contributed by atoms with Crippen LogP contribution in [0.15, 0.2) is 24.3 Å². The molecule has 2 atom stereocenters. The van der Waals surface area contributed by atoms with Crippen LogP contribution in [0.2, 0.25) is 0 Å². The van der Waals surface area contributed by atoms with Crippen LogP contribution in [0.1, 0.15) is 58.3 Å². The van der Waals surface area contributed by atoms with Crippen LogP contribution in [0.5, 0.6) is 5.75 Å². The third kappa shape index (κ3) is 4.81. The van der Waals surface area contributed by atoms with Crippen molar-refractivity contribution in [2.24, 2.45) is 5.92 Å². The molecular formula is C22H25NO6S. The molecule has 8 heteroatoms. The molecule has 0 aliphatic heterocycles. The number of anilines is 1. The van der Waals surface area contributed by atoms with E-state index in [9.17, 15) is 19.5 Å². The van der Waals surface area contributed by atoms with Crippen LogP contribution in [0, 0.1) is 5.92 Å². The zero-order valence-electron chi connectivity index (χ0n) is 17.2. The van der Waals surface area contributed by atoms with Gasteiger partial charge in [0.2, 0.25) is 0 Å². The molecule has 3 rings (SSSR count). The quantitative estimate of drug-likeness (QED) is 0.672. The van der Waals surface area contributed by atoms with Gasteiger partial charge in [0.25, 0.3) is 5.91 Å². The summed E-state index contributed by atoms with van der Waals surface area (Å²) >= 11 is 1.38. The predicted molar refractivity (Wildman–Crippen MR) is 113 cm³/mol. The molecule has 1 aliphatic rings. The molecule has 0 fully saturated rings. The van der Waals surface area contributed by atoms with E-state index in [1.807, 2.05) is 0 Å². The van der Waals surface area contributed by atoms with E-state index in [2.05, 4.69) is 12.2 Å². The van der Waals surface area contributed by atoms with E-state index in [-0.39, 0.29) is 17.9 Å². The molecule has 160 valence electrons. The molecule has 1 amide bonds. The van der Waals surface area contributed by atoms with Gasteiger partial charge in [0.1, 0.15) is 10.8 Å². The van der Waals surface area contributed by atoms with Crippen molar-refractivity contribution >= 4 is 34.2 Å². The molecule has 1 aromatic heterocycles. The second-order valence-electron chi connectivity index (χ2n) is 7.36. The number of phenolic OH excluding ortho intramolecular Hbond substituents is 1. The van der Waals surface area contributed by atoms with Crippen molar-refractivity contribution < 1.29 is 29.0 Å². The van der Waals surface area contributed by atoms with Gasteiger partial charge in [-0.1, -0.05) is 6.92 Å². The van der Waals surface area contributed by atoms with Crippen LogP contribution in [-0.4, -0.2) is 35.7 Å². The summed E-state index contributed by atoms with van der Waals surface area (Å²) in [7, 11) is 0. The lowest BCUT2D eigenvalue weighted by molar-refractivity contribution is -0.123. The fourth-order valence-electron chi connectivity index (χ4n) is 3.35. The van der Waals surface area contributed by atoms with Crippen LogP contribution >= 0.6 is 11.3 Å². The van der Waals surface area contributed by atoms with Crippen molar-refractivity contribution in [1.29, 1.82) is 0 Å². The lowest BCUT2D eigenvalue weighted by Gasteiger charge is -2.18. The Bertz CT molecular complexity index is 949. The van der Waals surface area contributed by atoms with E-state index in [0.717, 1.165) is 29.7 Å². The molecule has 1 aromatic carbocycles. The van der Waals surface area contributed by atoms with Crippen LogP contribution in [-0.2, 0) is 27.1 Å². The molecule has 2 unspecified atom stereocenters. The Morgan fingerprint density at radius 3 is 2.60 bits per heavy atom. The minimum Gasteiger partial charge on any atom is -0.508 e. The number of aromatic hydroxyl groups is 1. The third-order valence-electron chi connectivity index (χ3n) is 4.98. The minimum atomic E-state index is -1.07. The van der Waals surface area contributed by atoms with E-state index in [1.165, 1.54) is 42.5 Å². The van der Waals surface area contributed by atoms with Crippen molar-refractivity contribution in [3.63, 3.8) is 0 Å². The first kappa shape index (κ1) is 21.8. The Morgan fingerprint density at radius 1 is 1.23 bits per heavy atom. The number of hydrogen-bond acceptors (Lipinski definition) is 7. The number of phenols is 1. The first-order valence-electron chi connectivity index (χ1n) is 9.92. The first-order chi connectivity index (χ1) is 14.3. The standard InChI is InChI=1S/C22H25NO6S/c1-4-28-22(27)18-16-10-5-12(2)11-17(16)30-20(18)23-19(25)13(3)29-21(26)14-6-8-15(24)9-7-14/h6-9,12-13,24H,4-5,10-11H2,1-3H3,(H,23,25). The molecule has 2 aromatic rings. The zero-order valence-corrected chi connectivity index (χ0v) is 18.0. The second kappa shape index (κ2) is 9.30. The normalized spacial score (nSPS) is 16.3. The topological polar surface area (TPSA) is 102 Å². The van der Waals surface area contributed by atoms with Gasteiger partial charge in [-0.15, -0.1) is 11.3 Å². The van der Waals surface area contributed by atoms with Crippen molar-refractivity contribution in [1.82, 2.24) is 0 Å². The highest BCUT2D eigenvalue weighted by atomic mass is 32.1. The highest BCUT2D eigenvalue weighted by molar-refractivity contribution is 7.17. The van der Waals surface area contributed by atoms with E-state index < -0.39 is 23.9 Å². The van der Waals surface area contributed by atoms with Gasteiger partial charge in [0.15, 0.2) is 6.10 Å². The van der Waals surface area contributed by atoms with Crippen LogP contribution < -0.4 is 5.32 Å². The molecule has 1 aliphatic carbocycles. The Hall–Kier alpha value is -2.87. The molecule has 0 saturated heterocycles. The van der Waals surface area contributed by atoms with E-state index in [4.69, 9.17) is 9.47 Å². The fraction of sp³-hybridized carbons (Fsp3) is 0.409. The Balaban J connectivity index is 1.75. The monoisotopic (exact) mass is 431 g/mol. The summed E-state index contributed by atoms with van der Waals surface area (Å²) in [5.41, 5.74) is 1.58. The second-order valence-corrected chi connectivity index (χ2v) is 8.47. The Labute approximate surface area is 179 Å². The molecular weight excluding hydrogens is 406 g/mol. The van der Waals surface area contributed by atoms with Gasteiger partial charge in [-0.3, -0.25) is 4.79 Å². The van der Waals surface area contributed by atoms with Crippen LogP contribution in [0.4, 0.5) is 5.00 Å². The van der Waals surface area contributed by atoms with Crippen LogP contribution in [0.3, 0.4) is 0 Å². The van der Waals surface area contributed by atoms with Gasteiger partial charge in [0.05, 0.1) is 17.7 Å². The lowest BCUT2D eigenvalue weighted by atomic mass is 9.88. The summed E-state index contributed by atoms with van der Waals surface area (Å²) in [6.07, 6.45) is 1.53. The maximum atomic E-state index is 12.7. The average Bonchev–Trinajstić information content (AvgIpc) is 3.05. The number of rotatable bonds is 6. The summed E-state index contributed by atoms with van der Waals surface area (Å²) in [4.78, 5) is 38.5. The van der Waals surface area contributed by atoms with Gasteiger partial charge in [-0.25, -0.2) is 9.59 Å². The maximum Gasteiger partial charge on any atom is 0.341 e. The molecule has 0 bridgehead atoms. The van der Waals surface area contributed by atoms with Crippen molar-refractivity contribution in [2.45, 2.75) is 46.1 Å². The van der Waals surface area contributed by atoms with Gasteiger partial charge in [-0.2, -0.15) is 0 Å². The summed E-state index contributed by atoms with van der Waals surface area (Å²) in [6.45, 7) is 5.61. The van der Waals surface area contributed by atoms with Crippen molar-refractivity contribution in [3.05, 3.63) is 45.8 Å².